The van der Waals surface area contributed by atoms with E-state index in [-0.39, 0.29) is 36.8 Å². The summed E-state index contributed by atoms with van der Waals surface area (Å²) < 4.78 is 26.0. The van der Waals surface area contributed by atoms with Gasteiger partial charge in [0.2, 0.25) is 0 Å². The van der Waals surface area contributed by atoms with E-state index >= 15 is 0 Å². The van der Waals surface area contributed by atoms with Crippen LogP contribution in [0.2, 0.25) is 0 Å². The van der Waals surface area contributed by atoms with E-state index in [9.17, 15) is 19.2 Å². The van der Waals surface area contributed by atoms with Crippen LogP contribution < -0.4 is 9.47 Å². The molecule has 9 nitrogen and oxygen atoms in total. The minimum absolute atomic E-state index is 0.0841. The molecule has 1 fully saturated rings. The molecule has 0 spiro atoms. The maximum atomic E-state index is 13.0. The summed E-state index contributed by atoms with van der Waals surface area (Å²) in [6, 6.07) is 16.2. The topological polar surface area (TPSA) is 114 Å². The third-order valence-electron chi connectivity index (χ3n) is 7.48. The highest BCUT2D eigenvalue weighted by molar-refractivity contribution is 5.99. The third kappa shape index (κ3) is 8.67. The van der Waals surface area contributed by atoms with Crippen LogP contribution in [0.5, 0.6) is 11.5 Å². The Kier molecular flexibility index (Phi) is 10.5. The summed E-state index contributed by atoms with van der Waals surface area (Å²) >= 11 is 0. The Hall–Kier alpha value is -4.66. The van der Waals surface area contributed by atoms with Crippen LogP contribution in [-0.2, 0) is 19.0 Å². The molecule has 1 saturated carbocycles. The van der Waals surface area contributed by atoms with E-state index in [2.05, 4.69) is 27.4 Å². The quantitative estimate of drug-likeness (QED) is 0.0621. The molecule has 0 N–H and O–H groups in total. The largest absolute Gasteiger partial charge is 0.513 e. The highest BCUT2D eigenvalue weighted by atomic mass is 16.7. The van der Waals surface area contributed by atoms with Gasteiger partial charge >= 0.3 is 24.1 Å². The van der Waals surface area contributed by atoms with Gasteiger partial charge in [0.1, 0.15) is 30.8 Å². The van der Waals surface area contributed by atoms with Gasteiger partial charge < -0.3 is 23.7 Å². The second kappa shape index (κ2) is 14.5. The molecule has 0 aliphatic heterocycles. The fourth-order valence-electron chi connectivity index (χ4n) is 5.15. The lowest BCUT2D eigenvalue weighted by Gasteiger charge is -2.36. The monoisotopic (exact) mass is 588 g/mol. The van der Waals surface area contributed by atoms with Gasteiger partial charge in [0.25, 0.3) is 0 Å². The fourth-order valence-corrected chi connectivity index (χ4v) is 5.15. The van der Waals surface area contributed by atoms with Gasteiger partial charge in [-0.2, -0.15) is 0 Å². The van der Waals surface area contributed by atoms with Crippen LogP contribution >= 0.6 is 0 Å². The van der Waals surface area contributed by atoms with Gasteiger partial charge in [0.15, 0.2) is 0 Å². The molecule has 0 amide bonds. The number of hydrogen-bond acceptors (Lipinski definition) is 9. The minimum Gasteiger partial charge on any atom is -0.459 e. The van der Waals surface area contributed by atoms with Crippen LogP contribution in [0.3, 0.4) is 0 Å². The van der Waals surface area contributed by atoms with Crippen molar-refractivity contribution in [2.75, 3.05) is 13.2 Å². The number of esters is 3. The Balaban J connectivity index is 1.32. The summed E-state index contributed by atoms with van der Waals surface area (Å²) in [5, 5.41) is 1.58. The second-order valence-corrected chi connectivity index (χ2v) is 11.0. The molecule has 3 aromatic carbocycles. The zero-order valence-corrected chi connectivity index (χ0v) is 24.6. The SMILES string of the molecule is C=CC(=O)OCCOC(=O)Oc1ccc(OC(=O)c2ccc3cc(C(=O)OC4CC(C)CCC4C(C)C)ccc3c2)cc1. The number of carbonyl (C=O) groups excluding carboxylic acids is 4. The van der Waals surface area contributed by atoms with E-state index in [0.717, 1.165) is 36.1 Å². The molecule has 0 saturated heterocycles. The Morgan fingerprint density at radius 2 is 1.40 bits per heavy atom. The van der Waals surface area contributed by atoms with Crippen molar-refractivity contribution in [2.24, 2.45) is 17.8 Å². The van der Waals surface area contributed by atoms with Gasteiger partial charge in [0.05, 0.1) is 11.1 Å². The van der Waals surface area contributed by atoms with Crippen LogP contribution in [0.4, 0.5) is 4.79 Å². The summed E-state index contributed by atoms with van der Waals surface area (Å²) in [6.45, 7) is 9.52. The number of carbonyl (C=O) groups is 4. The van der Waals surface area contributed by atoms with E-state index in [4.69, 9.17) is 23.7 Å². The van der Waals surface area contributed by atoms with Crippen LogP contribution in [-0.4, -0.2) is 43.4 Å². The molecule has 1 aliphatic rings. The van der Waals surface area contributed by atoms with Gasteiger partial charge in [-0.15, -0.1) is 0 Å². The normalized spacial score (nSPS) is 18.0. The van der Waals surface area contributed by atoms with Crippen LogP contribution in [0, 0.1) is 17.8 Å². The highest BCUT2D eigenvalue weighted by Gasteiger charge is 2.33. The molecule has 0 bridgehead atoms. The lowest BCUT2D eigenvalue weighted by atomic mass is 9.75. The zero-order chi connectivity index (χ0) is 30.9. The first-order valence-corrected chi connectivity index (χ1v) is 14.3. The van der Waals surface area contributed by atoms with Crippen molar-refractivity contribution in [1.29, 1.82) is 0 Å². The second-order valence-electron chi connectivity index (χ2n) is 11.0. The summed E-state index contributed by atoms with van der Waals surface area (Å²) in [6.07, 6.45) is 3.05. The molecule has 0 aromatic heterocycles. The molecule has 3 unspecified atom stereocenters. The summed E-state index contributed by atoms with van der Waals surface area (Å²) in [4.78, 5) is 48.6. The lowest BCUT2D eigenvalue weighted by molar-refractivity contribution is -0.138. The Morgan fingerprint density at radius 3 is 2.00 bits per heavy atom. The summed E-state index contributed by atoms with van der Waals surface area (Å²) in [7, 11) is 0. The molecule has 226 valence electrons. The minimum atomic E-state index is -0.977. The smallest absolute Gasteiger partial charge is 0.459 e. The molecule has 3 atom stereocenters. The van der Waals surface area contributed by atoms with Gasteiger partial charge in [-0.3, -0.25) is 0 Å². The number of fused-ring (bicyclic) bond motifs is 1. The van der Waals surface area contributed by atoms with Crippen molar-refractivity contribution in [2.45, 2.75) is 46.1 Å². The summed E-state index contributed by atoms with van der Waals surface area (Å²) in [5.41, 5.74) is 0.811. The van der Waals surface area contributed by atoms with Crippen LogP contribution in [0.15, 0.2) is 73.3 Å². The highest BCUT2D eigenvalue weighted by Crippen LogP contribution is 2.36. The molecule has 0 radical (unpaired) electrons. The number of hydrogen-bond donors (Lipinski definition) is 0. The Bertz CT molecular complexity index is 1470. The molecule has 1 aliphatic carbocycles. The van der Waals surface area contributed by atoms with Gasteiger partial charge in [-0.25, -0.2) is 19.2 Å². The van der Waals surface area contributed by atoms with Crippen LogP contribution in [0.1, 0.15) is 60.7 Å². The zero-order valence-electron chi connectivity index (χ0n) is 24.6. The average molecular weight is 589 g/mol. The molecule has 0 heterocycles. The maximum absolute atomic E-state index is 13.0. The van der Waals surface area contributed by atoms with E-state index in [1.165, 1.54) is 24.3 Å². The Labute approximate surface area is 250 Å². The van der Waals surface area contributed by atoms with Gasteiger partial charge in [-0.05, 0) is 89.9 Å². The van der Waals surface area contributed by atoms with Crippen molar-refractivity contribution in [3.63, 3.8) is 0 Å². The van der Waals surface area contributed by atoms with Gasteiger partial charge in [-0.1, -0.05) is 45.9 Å². The first-order valence-electron chi connectivity index (χ1n) is 14.3. The average Bonchev–Trinajstić information content (AvgIpc) is 2.99. The standard InChI is InChI=1S/C34H36O9/c1-5-31(35)39-16-17-40-34(38)42-28-13-11-27(12-14-28)41-32(36)25-9-7-24-20-26(10-8-23(24)19-25)33(37)43-30-18-22(4)6-15-29(30)21(2)3/h5,7-14,19-22,29-30H,1,6,15-18H2,2-4H3. The lowest BCUT2D eigenvalue weighted by Crippen LogP contribution is -2.35. The van der Waals surface area contributed by atoms with E-state index in [1.807, 2.05) is 0 Å². The number of ether oxygens (including phenoxy) is 5. The number of rotatable bonds is 10. The van der Waals surface area contributed by atoms with E-state index in [1.54, 1.807) is 36.4 Å². The molecular formula is C34H36O9. The van der Waals surface area contributed by atoms with Gasteiger partial charge in [0, 0.05) is 6.08 Å². The molecule has 9 heteroatoms. The fraction of sp³-hybridized carbons (Fsp3) is 0.353. The first kappa shape index (κ1) is 31.3. The van der Waals surface area contributed by atoms with E-state index < -0.39 is 18.1 Å². The van der Waals surface area contributed by atoms with Crippen molar-refractivity contribution < 1.29 is 42.9 Å². The molecule has 4 rings (SSSR count). The Morgan fingerprint density at radius 1 is 0.814 bits per heavy atom. The molecule has 43 heavy (non-hydrogen) atoms. The third-order valence-corrected chi connectivity index (χ3v) is 7.48. The van der Waals surface area contributed by atoms with E-state index in [0.29, 0.717) is 28.9 Å². The first-order chi connectivity index (χ1) is 20.6. The van der Waals surface area contributed by atoms with Crippen molar-refractivity contribution in [1.82, 2.24) is 0 Å². The maximum Gasteiger partial charge on any atom is 0.513 e. The summed E-state index contributed by atoms with van der Waals surface area (Å²) in [5.74, 6) is 0.239. The van der Waals surface area contributed by atoms with Crippen molar-refractivity contribution in [3.8, 4) is 11.5 Å². The predicted octanol–water partition coefficient (Wildman–Crippen LogP) is 6.92. The van der Waals surface area contributed by atoms with Crippen LogP contribution in [0.25, 0.3) is 10.8 Å². The molecular weight excluding hydrogens is 552 g/mol. The van der Waals surface area contributed by atoms with Crippen molar-refractivity contribution in [3.05, 3.63) is 84.4 Å². The number of benzene rings is 3. The predicted molar refractivity (Wildman–Crippen MR) is 159 cm³/mol. The molecule has 3 aromatic rings. The van der Waals surface area contributed by atoms with Crippen molar-refractivity contribution >= 4 is 34.8 Å².